The molecule has 118 valence electrons. The number of nitrogens with zero attached hydrogens (tertiary/aromatic N) is 1. The molecule has 1 aromatic carbocycles. The standard InChI is InChI=1S/C19H32N2/c1-4-13-20-15-17-11-12-19(16(2)14-17)21(3)18-9-7-5-6-8-10-18/h11-12,14,18,20H,4-10,13,15H2,1-3H3. The molecule has 0 amide bonds. The van der Waals surface area contributed by atoms with Gasteiger partial charge < -0.3 is 10.2 Å². The number of nitrogens with one attached hydrogen (secondary N) is 1. The molecule has 0 heterocycles. The summed E-state index contributed by atoms with van der Waals surface area (Å²) in [6, 6.07) is 7.70. The fraction of sp³-hybridized carbons (Fsp3) is 0.684. The molecule has 0 saturated heterocycles. The molecule has 0 aliphatic heterocycles. The highest BCUT2D eigenvalue weighted by atomic mass is 15.1. The van der Waals surface area contributed by atoms with Gasteiger partial charge in [0.05, 0.1) is 0 Å². The molecule has 1 aliphatic carbocycles. The van der Waals surface area contributed by atoms with Gasteiger partial charge in [0.1, 0.15) is 0 Å². The van der Waals surface area contributed by atoms with Gasteiger partial charge in [-0.05, 0) is 49.9 Å². The average molecular weight is 288 g/mol. The van der Waals surface area contributed by atoms with Crippen molar-refractivity contribution in [2.45, 2.75) is 71.4 Å². The van der Waals surface area contributed by atoms with Gasteiger partial charge in [0.25, 0.3) is 0 Å². The molecule has 0 radical (unpaired) electrons. The predicted octanol–water partition coefficient (Wildman–Crippen LogP) is 4.65. The second-order valence-corrected chi connectivity index (χ2v) is 6.55. The zero-order chi connectivity index (χ0) is 15.1. The first-order chi connectivity index (χ1) is 10.2. The largest absolute Gasteiger partial charge is 0.371 e. The maximum absolute atomic E-state index is 3.49. The minimum absolute atomic E-state index is 0.732. The van der Waals surface area contributed by atoms with E-state index in [1.54, 1.807) is 0 Å². The molecule has 0 unspecified atom stereocenters. The van der Waals surface area contributed by atoms with E-state index in [9.17, 15) is 0 Å². The fourth-order valence-electron chi connectivity index (χ4n) is 3.47. The van der Waals surface area contributed by atoms with Gasteiger partial charge in [-0.15, -0.1) is 0 Å². The summed E-state index contributed by atoms with van der Waals surface area (Å²) in [6.07, 6.45) is 9.55. The van der Waals surface area contributed by atoms with E-state index in [0.717, 1.165) is 19.1 Å². The van der Waals surface area contributed by atoms with E-state index in [2.05, 4.69) is 49.3 Å². The second kappa shape index (κ2) is 8.43. The van der Waals surface area contributed by atoms with E-state index in [1.807, 2.05) is 0 Å². The summed E-state index contributed by atoms with van der Waals surface area (Å²) in [4.78, 5) is 2.53. The number of hydrogen-bond donors (Lipinski definition) is 1. The summed E-state index contributed by atoms with van der Waals surface area (Å²) >= 11 is 0. The topological polar surface area (TPSA) is 15.3 Å². The third-order valence-electron chi connectivity index (χ3n) is 4.77. The maximum atomic E-state index is 3.49. The minimum atomic E-state index is 0.732. The lowest BCUT2D eigenvalue weighted by Gasteiger charge is -2.31. The van der Waals surface area contributed by atoms with Crippen LogP contribution in [0.2, 0.25) is 0 Å². The molecule has 0 atom stereocenters. The Morgan fingerprint density at radius 3 is 2.48 bits per heavy atom. The van der Waals surface area contributed by atoms with Crippen LogP contribution in [0.3, 0.4) is 0 Å². The number of aryl methyl sites for hydroxylation is 1. The van der Waals surface area contributed by atoms with Crippen molar-refractivity contribution >= 4 is 5.69 Å². The van der Waals surface area contributed by atoms with Crippen LogP contribution in [-0.4, -0.2) is 19.6 Å². The lowest BCUT2D eigenvalue weighted by molar-refractivity contribution is 0.552. The number of rotatable bonds is 6. The Bertz CT molecular complexity index is 420. The average Bonchev–Trinajstić information content (AvgIpc) is 2.76. The van der Waals surface area contributed by atoms with Crippen LogP contribution in [0.1, 0.15) is 63.0 Å². The lowest BCUT2D eigenvalue weighted by atomic mass is 10.0. The molecule has 1 aliphatic rings. The van der Waals surface area contributed by atoms with Crippen LogP contribution < -0.4 is 10.2 Å². The molecule has 2 rings (SSSR count). The number of anilines is 1. The van der Waals surface area contributed by atoms with E-state index in [4.69, 9.17) is 0 Å². The van der Waals surface area contributed by atoms with Crippen LogP contribution in [0.4, 0.5) is 5.69 Å². The van der Waals surface area contributed by atoms with Gasteiger partial charge in [-0.3, -0.25) is 0 Å². The molecule has 21 heavy (non-hydrogen) atoms. The molecule has 1 saturated carbocycles. The third kappa shape index (κ3) is 4.74. The Morgan fingerprint density at radius 1 is 1.14 bits per heavy atom. The van der Waals surface area contributed by atoms with Crippen molar-refractivity contribution in [3.05, 3.63) is 29.3 Å². The predicted molar refractivity (Wildman–Crippen MR) is 93.1 cm³/mol. The molecule has 0 aromatic heterocycles. The highest BCUT2D eigenvalue weighted by Gasteiger charge is 2.18. The minimum Gasteiger partial charge on any atom is -0.371 e. The second-order valence-electron chi connectivity index (χ2n) is 6.55. The summed E-state index contributed by atoms with van der Waals surface area (Å²) in [7, 11) is 2.29. The van der Waals surface area contributed by atoms with Gasteiger partial charge in [-0.25, -0.2) is 0 Å². The molecular formula is C19H32N2. The van der Waals surface area contributed by atoms with Crippen molar-refractivity contribution in [3.8, 4) is 0 Å². The van der Waals surface area contributed by atoms with Gasteiger partial charge in [0.2, 0.25) is 0 Å². The lowest BCUT2D eigenvalue weighted by Crippen LogP contribution is -2.31. The molecule has 0 bridgehead atoms. The molecule has 2 heteroatoms. The summed E-state index contributed by atoms with van der Waals surface area (Å²) in [6.45, 7) is 6.56. The van der Waals surface area contributed by atoms with Crippen LogP contribution in [0.15, 0.2) is 18.2 Å². The van der Waals surface area contributed by atoms with Gasteiger partial charge in [0.15, 0.2) is 0 Å². The normalized spacial score (nSPS) is 16.7. The van der Waals surface area contributed by atoms with E-state index < -0.39 is 0 Å². The summed E-state index contributed by atoms with van der Waals surface area (Å²) < 4.78 is 0. The molecule has 1 fully saturated rings. The Morgan fingerprint density at radius 2 is 1.86 bits per heavy atom. The van der Waals surface area contributed by atoms with Gasteiger partial charge >= 0.3 is 0 Å². The smallest absolute Gasteiger partial charge is 0.0396 e. The Labute approximate surface area is 130 Å². The Kier molecular flexibility index (Phi) is 6.56. The van der Waals surface area contributed by atoms with E-state index >= 15 is 0 Å². The SMILES string of the molecule is CCCNCc1ccc(N(C)C2CCCCCC2)c(C)c1. The first kappa shape index (κ1) is 16.4. The summed E-state index contributed by atoms with van der Waals surface area (Å²) in [5.41, 5.74) is 4.23. The van der Waals surface area contributed by atoms with Crippen LogP contribution in [0.5, 0.6) is 0 Å². The molecule has 1 aromatic rings. The molecule has 2 nitrogen and oxygen atoms in total. The van der Waals surface area contributed by atoms with E-state index in [0.29, 0.717) is 0 Å². The third-order valence-corrected chi connectivity index (χ3v) is 4.77. The van der Waals surface area contributed by atoms with Crippen molar-refractivity contribution in [2.24, 2.45) is 0 Å². The zero-order valence-corrected chi connectivity index (χ0v) is 14.1. The quantitative estimate of drug-likeness (QED) is 0.605. The summed E-state index contributed by atoms with van der Waals surface area (Å²) in [5, 5.41) is 3.49. The Balaban J connectivity index is 2.01. The van der Waals surface area contributed by atoms with Gasteiger partial charge in [0, 0.05) is 25.3 Å². The molecular weight excluding hydrogens is 256 g/mol. The van der Waals surface area contributed by atoms with Crippen molar-refractivity contribution in [2.75, 3.05) is 18.5 Å². The van der Waals surface area contributed by atoms with Crippen LogP contribution >= 0.6 is 0 Å². The van der Waals surface area contributed by atoms with Crippen molar-refractivity contribution in [3.63, 3.8) is 0 Å². The van der Waals surface area contributed by atoms with E-state index in [1.165, 1.54) is 61.8 Å². The maximum Gasteiger partial charge on any atom is 0.0396 e. The van der Waals surface area contributed by atoms with Crippen LogP contribution in [-0.2, 0) is 6.54 Å². The van der Waals surface area contributed by atoms with Crippen molar-refractivity contribution < 1.29 is 0 Å². The van der Waals surface area contributed by atoms with E-state index in [-0.39, 0.29) is 0 Å². The Hall–Kier alpha value is -1.02. The zero-order valence-electron chi connectivity index (χ0n) is 14.1. The van der Waals surface area contributed by atoms with Crippen molar-refractivity contribution in [1.29, 1.82) is 0 Å². The number of hydrogen-bond acceptors (Lipinski definition) is 2. The fourth-order valence-corrected chi connectivity index (χ4v) is 3.47. The number of benzene rings is 1. The monoisotopic (exact) mass is 288 g/mol. The highest BCUT2D eigenvalue weighted by Crippen LogP contribution is 2.28. The van der Waals surface area contributed by atoms with Gasteiger partial charge in [-0.2, -0.15) is 0 Å². The van der Waals surface area contributed by atoms with Gasteiger partial charge in [-0.1, -0.05) is 44.7 Å². The first-order valence-corrected chi connectivity index (χ1v) is 8.75. The van der Waals surface area contributed by atoms with Crippen LogP contribution in [0, 0.1) is 6.92 Å². The first-order valence-electron chi connectivity index (χ1n) is 8.75. The van der Waals surface area contributed by atoms with Crippen LogP contribution in [0.25, 0.3) is 0 Å². The molecule has 1 N–H and O–H groups in total. The summed E-state index contributed by atoms with van der Waals surface area (Å²) in [5.74, 6) is 0. The highest BCUT2D eigenvalue weighted by molar-refractivity contribution is 5.54. The van der Waals surface area contributed by atoms with Crippen molar-refractivity contribution in [1.82, 2.24) is 5.32 Å². The molecule has 0 spiro atoms.